The van der Waals surface area contributed by atoms with Gasteiger partial charge in [0.05, 0.1) is 0 Å². The fraction of sp³-hybridized carbons (Fsp3) is 0.0714. The number of rotatable bonds is 5. The lowest BCUT2D eigenvalue weighted by atomic mass is 10.0. The highest BCUT2D eigenvalue weighted by molar-refractivity contribution is 9.10. The van der Waals surface area contributed by atoms with Crippen LogP contribution in [0.25, 0.3) is 16.8 Å². The lowest BCUT2D eigenvalue weighted by Gasteiger charge is -2.29. The predicted molar refractivity (Wildman–Crippen MR) is 133 cm³/mol. The molecule has 0 amide bonds. The number of hydrogen-bond donors (Lipinski definition) is 0. The van der Waals surface area contributed by atoms with Crippen LogP contribution >= 0.6 is 15.9 Å². The largest absolute Gasteiger partial charge is 0.310 e. The Morgan fingerprint density at radius 1 is 0.667 bits per heavy atom. The molecule has 0 unspecified atom stereocenters. The van der Waals surface area contributed by atoms with E-state index in [1.807, 2.05) is 0 Å². The van der Waals surface area contributed by atoms with Gasteiger partial charge in [-0.1, -0.05) is 88.7 Å². The van der Waals surface area contributed by atoms with Crippen LogP contribution in [0.3, 0.4) is 0 Å². The van der Waals surface area contributed by atoms with Gasteiger partial charge < -0.3 is 4.90 Å². The first-order valence-corrected chi connectivity index (χ1v) is 10.9. The maximum atomic E-state index is 3.51. The Morgan fingerprint density at radius 3 is 1.80 bits per heavy atom. The quantitative estimate of drug-likeness (QED) is 0.292. The van der Waals surface area contributed by atoms with Crippen molar-refractivity contribution in [1.29, 1.82) is 0 Å². The summed E-state index contributed by atoms with van der Waals surface area (Å²) in [4.78, 5) is 2.33. The lowest BCUT2D eigenvalue weighted by Crippen LogP contribution is -2.16. The predicted octanol–water partition coefficient (Wildman–Crippen LogP) is 8.62. The van der Waals surface area contributed by atoms with Crippen LogP contribution in [-0.2, 0) is 0 Å². The smallest absolute Gasteiger partial charge is 0.0494 e. The van der Waals surface area contributed by atoms with Gasteiger partial charge in [0.2, 0.25) is 0 Å². The second-order valence-electron chi connectivity index (χ2n) is 7.21. The van der Waals surface area contributed by atoms with Crippen LogP contribution in [0.4, 0.5) is 11.4 Å². The fourth-order valence-corrected chi connectivity index (χ4v) is 3.98. The number of halogens is 1. The molecule has 0 heterocycles. The molecule has 0 aliphatic rings. The van der Waals surface area contributed by atoms with Crippen molar-refractivity contribution < 1.29 is 0 Å². The van der Waals surface area contributed by atoms with Crippen molar-refractivity contribution in [2.45, 2.75) is 13.8 Å². The van der Waals surface area contributed by atoms with E-state index in [-0.39, 0.29) is 0 Å². The number of hydrogen-bond acceptors (Lipinski definition) is 1. The Hall–Kier alpha value is -3.10. The molecule has 0 fully saturated rings. The van der Waals surface area contributed by atoms with Gasteiger partial charge in [0.1, 0.15) is 0 Å². The van der Waals surface area contributed by atoms with Crippen LogP contribution in [0.2, 0.25) is 0 Å². The Kier molecular flexibility index (Phi) is 6.15. The first-order valence-electron chi connectivity index (χ1n) is 10.1. The zero-order valence-electron chi connectivity index (χ0n) is 17.2. The summed E-state index contributed by atoms with van der Waals surface area (Å²) in [6.07, 6.45) is 2.19. The van der Waals surface area contributed by atoms with Crippen molar-refractivity contribution in [3.63, 3.8) is 0 Å². The Balaban J connectivity index is 1.79. The van der Waals surface area contributed by atoms with Crippen LogP contribution < -0.4 is 4.90 Å². The number of benzene rings is 4. The molecular formula is C28H24BrN. The van der Waals surface area contributed by atoms with E-state index in [2.05, 4.69) is 144 Å². The number of para-hydroxylation sites is 1. The second kappa shape index (κ2) is 9.15. The van der Waals surface area contributed by atoms with Crippen molar-refractivity contribution in [1.82, 2.24) is 0 Å². The molecule has 4 aromatic rings. The summed E-state index contributed by atoms with van der Waals surface area (Å²) in [5, 5.41) is 0. The molecular weight excluding hydrogens is 430 g/mol. The van der Waals surface area contributed by atoms with Crippen molar-refractivity contribution >= 4 is 33.0 Å². The molecule has 4 aromatic carbocycles. The van der Waals surface area contributed by atoms with Gasteiger partial charge in [-0.15, -0.1) is 0 Å². The van der Waals surface area contributed by atoms with Gasteiger partial charge in [-0.25, -0.2) is 0 Å². The topological polar surface area (TPSA) is 3.24 Å². The molecule has 4 rings (SSSR count). The molecule has 0 bridgehead atoms. The minimum Gasteiger partial charge on any atom is -0.310 e. The van der Waals surface area contributed by atoms with Crippen molar-refractivity contribution in [3.05, 3.63) is 125 Å². The van der Waals surface area contributed by atoms with Crippen molar-refractivity contribution in [3.8, 4) is 11.1 Å². The number of nitrogens with zero attached hydrogens (tertiary/aromatic N) is 1. The highest BCUT2D eigenvalue weighted by Crippen LogP contribution is 2.36. The number of anilines is 2. The first-order chi connectivity index (χ1) is 14.7. The van der Waals surface area contributed by atoms with E-state index in [0.717, 1.165) is 15.8 Å². The van der Waals surface area contributed by atoms with Crippen molar-refractivity contribution in [2.24, 2.45) is 0 Å². The summed E-state index contributed by atoms with van der Waals surface area (Å²) in [6.45, 7) is 4.27. The molecule has 0 radical (unpaired) electrons. The molecule has 30 heavy (non-hydrogen) atoms. The Morgan fingerprint density at radius 2 is 1.20 bits per heavy atom. The van der Waals surface area contributed by atoms with Crippen LogP contribution in [0.5, 0.6) is 0 Å². The SMILES string of the molecule is C/C=C(\c1ccccc1C)N(c1ccccc1)c1ccc(-c2ccc(Br)cc2)cc1. The van der Waals surface area contributed by atoms with E-state index < -0.39 is 0 Å². The molecule has 0 saturated carbocycles. The molecule has 0 aliphatic heterocycles. The lowest BCUT2D eigenvalue weighted by molar-refractivity contribution is 1.26. The summed E-state index contributed by atoms with van der Waals surface area (Å²) in [7, 11) is 0. The van der Waals surface area contributed by atoms with Gasteiger partial charge >= 0.3 is 0 Å². The van der Waals surface area contributed by atoms with Crippen LogP contribution in [-0.4, -0.2) is 0 Å². The molecule has 2 heteroatoms. The van der Waals surface area contributed by atoms with E-state index in [1.165, 1.54) is 28.0 Å². The van der Waals surface area contributed by atoms with Gasteiger partial charge in [-0.05, 0) is 66.9 Å². The molecule has 0 spiro atoms. The summed E-state index contributed by atoms with van der Waals surface area (Å²) in [6, 6.07) is 36.3. The van der Waals surface area contributed by atoms with Crippen molar-refractivity contribution in [2.75, 3.05) is 4.90 Å². The monoisotopic (exact) mass is 453 g/mol. The van der Waals surface area contributed by atoms with E-state index in [9.17, 15) is 0 Å². The van der Waals surface area contributed by atoms with Crippen LogP contribution in [0, 0.1) is 6.92 Å². The first kappa shape index (κ1) is 20.2. The third-order valence-corrected chi connectivity index (χ3v) is 5.78. The van der Waals surface area contributed by atoms with Gasteiger partial charge in [0, 0.05) is 27.1 Å². The van der Waals surface area contributed by atoms with E-state index in [1.54, 1.807) is 0 Å². The van der Waals surface area contributed by atoms with E-state index >= 15 is 0 Å². The van der Waals surface area contributed by atoms with E-state index in [4.69, 9.17) is 0 Å². The summed E-state index contributed by atoms with van der Waals surface area (Å²) in [5.41, 5.74) is 8.37. The molecule has 0 aliphatic carbocycles. The van der Waals surface area contributed by atoms with Crippen LogP contribution in [0.15, 0.2) is 114 Å². The molecule has 1 nitrogen and oxygen atoms in total. The number of allylic oxidation sites excluding steroid dienone is 1. The van der Waals surface area contributed by atoms with Gasteiger partial charge in [0.15, 0.2) is 0 Å². The number of aryl methyl sites for hydroxylation is 1. The summed E-state index contributed by atoms with van der Waals surface area (Å²) >= 11 is 3.51. The normalized spacial score (nSPS) is 11.4. The molecule has 0 saturated heterocycles. The minimum atomic E-state index is 1.09. The Bertz CT molecular complexity index is 1140. The highest BCUT2D eigenvalue weighted by Gasteiger charge is 2.17. The maximum absolute atomic E-state index is 3.51. The third-order valence-electron chi connectivity index (χ3n) is 5.25. The molecule has 0 atom stereocenters. The fourth-order valence-electron chi connectivity index (χ4n) is 3.71. The maximum Gasteiger partial charge on any atom is 0.0494 e. The zero-order valence-corrected chi connectivity index (χ0v) is 18.8. The zero-order chi connectivity index (χ0) is 20.9. The molecule has 0 N–H and O–H groups in total. The third kappa shape index (κ3) is 4.24. The standard InChI is InChI=1S/C28H24BrN/c1-3-28(27-12-8-7-9-21(27)2)30(25-10-5-4-6-11-25)26-19-15-23(16-20-26)22-13-17-24(29)18-14-22/h3-20H,1-2H3/b28-3+. The van der Waals surface area contributed by atoms with Gasteiger partial charge in [-0.2, -0.15) is 0 Å². The second-order valence-corrected chi connectivity index (χ2v) is 8.13. The van der Waals surface area contributed by atoms with Crippen LogP contribution in [0.1, 0.15) is 18.1 Å². The average molecular weight is 454 g/mol. The Labute approximate surface area is 187 Å². The average Bonchev–Trinajstić information content (AvgIpc) is 2.79. The highest BCUT2D eigenvalue weighted by atomic mass is 79.9. The summed E-state index contributed by atoms with van der Waals surface area (Å²) in [5.74, 6) is 0. The minimum absolute atomic E-state index is 1.09. The van der Waals surface area contributed by atoms with Gasteiger partial charge in [-0.3, -0.25) is 0 Å². The summed E-state index contributed by atoms with van der Waals surface area (Å²) < 4.78 is 1.09. The van der Waals surface area contributed by atoms with Gasteiger partial charge in [0.25, 0.3) is 0 Å². The van der Waals surface area contributed by atoms with E-state index in [0.29, 0.717) is 0 Å². The molecule has 148 valence electrons. The molecule has 0 aromatic heterocycles.